The SMILES string of the molecule is CCOCCOc1nc(-c2ccc3c(c2)OCO3)n(-c2ccc(NC(=O)c3ccc([N+](=O)[O-])cc3Cl)cc2)n1. The van der Waals surface area contributed by atoms with Gasteiger partial charge in [-0.05, 0) is 55.5 Å². The number of carbonyl (C=O) groups is 1. The van der Waals surface area contributed by atoms with Gasteiger partial charge in [0, 0.05) is 30.0 Å². The Bertz CT molecular complexity index is 1520. The topological polar surface area (TPSA) is 140 Å². The molecule has 0 aliphatic carbocycles. The molecule has 0 fully saturated rings. The summed E-state index contributed by atoms with van der Waals surface area (Å²) in [5.41, 5.74) is 1.78. The largest absolute Gasteiger partial charge is 0.460 e. The summed E-state index contributed by atoms with van der Waals surface area (Å²) in [6.45, 7) is 3.31. The van der Waals surface area contributed by atoms with Gasteiger partial charge in [-0.1, -0.05) is 11.6 Å². The zero-order valence-electron chi connectivity index (χ0n) is 20.6. The van der Waals surface area contributed by atoms with Crippen molar-refractivity contribution in [1.29, 1.82) is 0 Å². The Labute approximate surface area is 227 Å². The van der Waals surface area contributed by atoms with Crippen LogP contribution < -0.4 is 19.5 Å². The number of halogens is 1. The van der Waals surface area contributed by atoms with Crippen LogP contribution in [0, 0.1) is 10.1 Å². The fraction of sp³-hybridized carbons (Fsp3) is 0.192. The van der Waals surface area contributed by atoms with Crippen molar-refractivity contribution in [3.63, 3.8) is 0 Å². The second kappa shape index (κ2) is 11.4. The van der Waals surface area contributed by atoms with E-state index < -0.39 is 10.8 Å². The number of aromatic nitrogens is 3. The Morgan fingerprint density at radius 3 is 2.64 bits per heavy atom. The van der Waals surface area contributed by atoms with Crippen molar-refractivity contribution in [2.24, 2.45) is 0 Å². The number of amides is 1. The molecule has 0 radical (unpaired) electrons. The van der Waals surface area contributed by atoms with Crippen LogP contribution >= 0.6 is 11.6 Å². The number of nitro benzene ring substituents is 1. The van der Waals surface area contributed by atoms with Gasteiger partial charge in [0.05, 0.1) is 27.8 Å². The zero-order chi connectivity index (χ0) is 27.4. The average molecular weight is 552 g/mol. The number of benzene rings is 3. The van der Waals surface area contributed by atoms with Crippen LogP contribution in [0.15, 0.2) is 60.7 Å². The van der Waals surface area contributed by atoms with Crippen LogP contribution in [-0.2, 0) is 4.74 Å². The first-order valence-electron chi connectivity index (χ1n) is 11.9. The minimum atomic E-state index is -0.580. The van der Waals surface area contributed by atoms with Crippen LogP contribution in [-0.4, -0.2) is 52.2 Å². The summed E-state index contributed by atoms with van der Waals surface area (Å²) in [4.78, 5) is 27.6. The number of rotatable bonds is 10. The Morgan fingerprint density at radius 2 is 1.90 bits per heavy atom. The Balaban J connectivity index is 1.39. The van der Waals surface area contributed by atoms with Gasteiger partial charge in [0.25, 0.3) is 11.6 Å². The number of nitrogens with zero attached hydrogens (tertiary/aromatic N) is 4. The second-order valence-electron chi connectivity index (χ2n) is 8.17. The molecule has 39 heavy (non-hydrogen) atoms. The average Bonchev–Trinajstić information content (AvgIpc) is 3.58. The maximum Gasteiger partial charge on any atom is 0.336 e. The summed E-state index contributed by atoms with van der Waals surface area (Å²) in [6.07, 6.45) is 0. The first kappa shape index (κ1) is 25.9. The van der Waals surface area contributed by atoms with E-state index in [1.165, 1.54) is 12.1 Å². The summed E-state index contributed by atoms with van der Waals surface area (Å²) in [5, 5.41) is 18.2. The molecule has 0 saturated heterocycles. The van der Waals surface area contributed by atoms with E-state index in [0.29, 0.717) is 41.9 Å². The van der Waals surface area contributed by atoms with Gasteiger partial charge in [-0.3, -0.25) is 14.9 Å². The maximum atomic E-state index is 12.7. The molecule has 1 aromatic heterocycles. The highest BCUT2D eigenvalue weighted by molar-refractivity contribution is 6.34. The van der Waals surface area contributed by atoms with E-state index in [1.807, 2.05) is 19.1 Å². The standard InChI is InChI=1S/C26H22ClN5O7/c1-2-36-11-12-37-26-29-24(16-3-10-22-23(13-16)39-15-38-22)31(30-26)18-6-4-17(5-7-18)28-25(33)20-9-8-19(32(34)35)14-21(20)27/h3-10,13-14H,2,11-12,15H2,1H3,(H,28,33). The number of hydrogen-bond donors (Lipinski definition) is 1. The zero-order valence-corrected chi connectivity index (χ0v) is 21.4. The van der Waals surface area contributed by atoms with Crippen molar-refractivity contribution < 1.29 is 28.7 Å². The molecule has 0 spiro atoms. The molecule has 13 heteroatoms. The lowest BCUT2D eigenvalue weighted by Crippen LogP contribution is -2.12. The molecule has 200 valence electrons. The molecule has 0 atom stereocenters. The number of fused-ring (bicyclic) bond motifs is 1. The quantitative estimate of drug-likeness (QED) is 0.166. The Kier molecular flexibility index (Phi) is 7.57. The lowest BCUT2D eigenvalue weighted by Gasteiger charge is -2.09. The number of nitro groups is 1. The number of anilines is 1. The van der Waals surface area contributed by atoms with Gasteiger partial charge in [-0.25, -0.2) is 4.68 Å². The third kappa shape index (κ3) is 5.76. The van der Waals surface area contributed by atoms with E-state index in [9.17, 15) is 14.9 Å². The van der Waals surface area contributed by atoms with E-state index in [1.54, 1.807) is 35.0 Å². The summed E-state index contributed by atoms with van der Waals surface area (Å²) in [6, 6.07) is 16.2. The molecule has 5 rings (SSSR count). The summed E-state index contributed by atoms with van der Waals surface area (Å²) in [5.74, 6) is 1.25. The van der Waals surface area contributed by atoms with Gasteiger partial charge in [-0.2, -0.15) is 4.98 Å². The van der Waals surface area contributed by atoms with E-state index in [0.717, 1.165) is 11.6 Å². The van der Waals surface area contributed by atoms with Crippen molar-refractivity contribution in [2.45, 2.75) is 6.92 Å². The van der Waals surface area contributed by atoms with Gasteiger partial charge in [-0.15, -0.1) is 5.10 Å². The third-order valence-corrected chi connectivity index (χ3v) is 5.97. The molecule has 0 saturated carbocycles. The molecule has 1 amide bonds. The molecule has 4 aromatic rings. The first-order valence-corrected chi connectivity index (χ1v) is 12.2. The molecule has 1 aliphatic rings. The van der Waals surface area contributed by atoms with Gasteiger partial charge in [0.15, 0.2) is 17.3 Å². The van der Waals surface area contributed by atoms with E-state index >= 15 is 0 Å². The monoisotopic (exact) mass is 551 g/mol. The van der Waals surface area contributed by atoms with Gasteiger partial charge in [0.1, 0.15) is 6.61 Å². The van der Waals surface area contributed by atoms with E-state index in [-0.39, 0.29) is 35.7 Å². The van der Waals surface area contributed by atoms with Crippen molar-refractivity contribution in [1.82, 2.24) is 14.8 Å². The smallest absolute Gasteiger partial charge is 0.336 e. The Morgan fingerprint density at radius 1 is 1.10 bits per heavy atom. The van der Waals surface area contributed by atoms with Crippen LogP contribution in [0.2, 0.25) is 5.02 Å². The number of carbonyl (C=O) groups excluding carboxylic acids is 1. The predicted molar refractivity (Wildman–Crippen MR) is 141 cm³/mol. The van der Waals surface area contributed by atoms with Crippen LogP contribution in [0.25, 0.3) is 17.1 Å². The fourth-order valence-electron chi connectivity index (χ4n) is 3.78. The van der Waals surface area contributed by atoms with Crippen molar-refractivity contribution in [3.8, 4) is 34.6 Å². The van der Waals surface area contributed by atoms with E-state index in [4.69, 9.17) is 30.5 Å². The fourth-order valence-corrected chi connectivity index (χ4v) is 4.04. The molecule has 1 N–H and O–H groups in total. The second-order valence-corrected chi connectivity index (χ2v) is 8.57. The van der Waals surface area contributed by atoms with Crippen molar-refractivity contribution in [3.05, 3.63) is 81.4 Å². The molecule has 0 unspecified atom stereocenters. The van der Waals surface area contributed by atoms with Crippen LogP contribution in [0.5, 0.6) is 17.5 Å². The number of ether oxygens (including phenoxy) is 4. The summed E-state index contributed by atoms with van der Waals surface area (Å²) >= 11 is 6.09. The molecular weight excluding hydrogens is 530 g/mol. The Hall–Kier alpha value is -4.68. The number of hydrogen-bond acceptors (Lipinski definition) is 9. The highest BCUT2D eigenvalue weighted by Gasteiger charge is 2.20. The lowest BCUT2D eigenvalue weighted by atomic mass is 10.1. The van der Waals surface area contributed by atoms with Crippen molar-refractivity contribution >= 4 is 28.9 Å². The van der Waals surface area contributed by atoms with Crippen molar-refractivity contribution in [2.75, 3.05) is 31.9 Å². The molecule has 2 heterocycles. The normalized spacial score (nSPS) is 11.8. The summed E-state index contributed by atoms with van der Waals surface area (Å²) in [7, 11) is 0. The lowest BCUT2D eigenvalue weighted by molar-refractivity contribution is -0.384. The minimum absolute atomic E-state index is 0.0221. The third-order valence-electron chi connectivity index (χ3n) is 5.66. The molecule has 1 aliphatic heterocycles. The minimum Gasteiger partial charge on any atom is -0.460 e. The van der Waals surface area contributed by atoms with Gasteiger partial charge >= 0.3 is 6.01 Å². The molecule has 0 bridgehead atoms. The van der Waals surface area contributed by atoms with Gasteiger partial charge < -0.3 is 24.3 Å². The molecular formula is C26H22ClN5O7. The predicted octanol–water partition coefficient (Wildman–Crippen LogP) is 4.89. The highest BCUT2D eigenvalue weighted by atomic mass is 35.5. The van der Waals surface area contributed by atoms with Gasteiger partial charge in [0.2, 0.25) is 6.79 Å². The van der Waals surface area contributed by atoms with Crippen LogP contribution in [0.4, 0.5) is 11.4 Å². The summed E-state index contributed by atoms with van der Waals surface area (Å²) < 4.78 is 23.5. The molecule has 3 aromatic carbocycles. The maximum absolute atomic E-state index is 12.7. The molecule has 12 nitrogen and oxygen atoms in total. The number of nitrogens with one attached hydrogen (secondary N) is 1. The number of non-ortho nitro benzene ring substituents is 1. The first-order chi connectivity index (χ1) is 18.9. The van der Waals surface area contributed by atoms with Crippen LogP contribution in [0.3, 0.4) is 0 Å². The van der Waals surface area contributed by atoms with Crippen LogP contribution in [0.1, 0.15) is 17.3 Å². The van der Waals surface area contributed by atoms with E-state index in [2.05, 4.69) is 15.4 Å². The highest BCUT2D eigenvalue weighted by Crippen LogP contribution is 2.36.